The number of carbonyl (C=O) groups excluding carboxylic acids is 1. The van der Waals surface area contributed by atoms with E-state index >= 15 is 0 Å². The van der Waals surface area contributed by atoms with Crippen LogP contribution < -0.4 is 5.32 Å². The van der Waals surface area contributed by atoms with E-state index in [1.807, 2.05) is 18.7 Å². The molecule has 1 fully saturated rings. The lowest BCUT2D eigenvalue weighted by atomic mass is 10.2. The fourth-order valence-corrected chi connectivity index (χ4v) is 3.37. The number of hydrogen-bond donors (Lipinski definition) is 1. The van der Waals surface area contributed by atoms with Crippen LogP contribution in [0.4, 0.5) is 5.69 Å². The fourth-order valence-electron chi connectivity index (χ4n) is 2.46. The van der Waals surface area contributed by atoms with Gasteiger partial charge in [0, 0.05) is 18.1 Å². The summed E-state index contributed by atoms with van der Waals surface area (Å²) in [6.07, 6.45) is 0.230. The average Bonchev–Trinajstić information content (AvgIpc) is 2.32. The molecule has 0 unspecified atom stereocenters. The van der Waals surface area contributed by atoms with Gasteiger partial charge in [0.2, 0.25) is 5.91 Å². The van der Waals surface area contributed by atoms with Crippen molar-refractivity contribution in [3.63, 3.8) is 0 Å². The second kappa shape index (κ2) is 7.16. The largest absolute Gasteiger partial charge is 0.373 e. The lowest BCUT2D eigenvalue weighted by molar-refractivity contribution is -0.121. The number of anilines is 1. The van der Waals surface area contributed by atoms with Crippen molar-refractivity contribution in [2.45, 2.75) is 26.1 Å². The maximum Gasteiger partial charge on any atom is 0.238 e. The van der Waals surface area contributed by atoms with Gasteiger partial charge in [-0.2, -0.15) is 0 Å². The average molecular weight is 352 g/mol. The van der Waals surface area contributed by atoms with Gasteiger partial charge in [-0.15, -0.1) is 0 Å². The number of ether oxygens (including phenoxy) is 1. The maximum absolute atomic E-state index is 12.1. The molecule has 0 spiro atoms. The second-order valence-electron chi connectivity index (χ2n) is 5.24. The minimum atomic E-state index is -0.164. The molecule has 1 aliphatic rings. The van der Waals surface area contributed by atoms with Crippen LogP contribution in [-0.4, -0.2) is 42.6 Å². The van der Waals surface area contributed by atoms with E-state index in [1.165, 1.54) is 0 Å². The van der Waals surface area contributed by atoms with E-state index in [2.05, 4.69) is 5.32 Å². The van der Waals surface area contributed by atoms with E-state index in [-0.39, 0.29) is 24.7 Å². The number of nitrogens with one attached hydrogen (secondary N) is 1. The number of morpholine rings is 1. The van der Waals surface area contributed by atoms with Crippen molar-refractivity contribution in [2.24, 2.45) is 0 Å². The predicted octanol–water partition coefficient (Wildman–Crippen LogP) is 3.69. The number of carbonyl (C=O) groups is 1. The molecule has 1 aromatic carbocycles. The Labute approximate surface area is 139 Å². The monoisotopic (exact) mass is 350 g/mol. The van der Waals surface area contributed by atoms with Crippen molar-refractivity contribution in [3.05, 3.63) is 27.2 Å². The summed E-state index contributed by atoms with van der Waals surface area (Å²) in [5.41, 5.74) is 0.391. The van der Waals surface area contributed by atoms with Crippen molar-refractivity contribution in [1.82, 2.24) is 4.90 Å². The zero-order valence-corrected chi connectivity index (χ0v) is 14.1. The first-order valence-electron chi connectivity index (χ1n) is 6.67. The molecule has 0 aromatic heterocycles. The summed E-state index contributed by atoms with van der Waals surface area (Å²) < 4.78 is 5.64. The topological polar surface area (TPSA) is 41.6 Å². The van der Waals surface area contributed by atoms with E-state index in [4.69, 9.17) is 39.5 Å². The first-order valence-corrected chi connectivity index (χ1v) is 7.80. The van der Waals surface area contributed by atoms with Crippen molar-refractivity contribution in [3.8, 4) is 0 Å². The van der Waals surface area contributed by atoms with Crippen LogP contribution in [0.1, 0.15) is 13.8 Å². The summed E-state index contributed by atoms with van der Waals surface area (Å²) in [5, 5.41) is 3.82. The molecule has 21 heavy (non-hydrogen) atoms. The van der Waals surface area contributed by atoms with Gasteiger partial charge in [-0.3, -0.25) is 9.69 Å². The molecule has 0 saturated carbocycles. The number of halogens is 3. The SMILES string of the molecule is C[C@@H]1CN(CC(=O)Nc2c(Cl)cc(Cl)cc2Cl)C[C@@H](C)O1. The van der Waals surface area contributed by atoms with Crippen LogP contribution in [0, 0.1) is 0 Å². The predicted molar refractivity (Wildman–Crippen MR) is 86.6 cm³/mol. The molecule has 116 valence electrons. The van der Waals surface area contributed by atoms with Crippen LogP contribution in [-0.2, 0) is 9.53 Å². The van der Waals surface area contributed by atoms with Crippen LogP contribution in [0.15, 0.2) is 12.1 Å². The van der Waals surface area contributed by atoms with E-state index < -0.39 is 0 Å². The van der Waals surface area contributed by atoms with Crippen LogP contribution in [0.2, 0.25) is 15.1 Å². The zero-order valence-electron chi connectivity index (χ0n) is 11.8. The molecule has 1 saturated heterocycles. The molecule has 1 aromatic rings. The van der Waals surface area contributed by atoms with Gasteiger partial charge in [0.15, 0.2) is 0 Å². The van der Waals surface area contributed by atoms with Gasteiger partial charge in [0.1, 0.15) is 0 Å². The van der Waals surface area contributed by atoms with Crippen molar-refractivity contribution in [1.29, 1.82) is 0 Å². The van der Waals surface area contributed by atoms with Gasteiger partial charge in [0.25, 0.3) is 0 Å². The zero-order chi connectivity index (χ0) is 15.6. The van der Waals surface area contributed by atoms with Gasteiger partial charge in [-0.05, 0) is 26.0 Å². The van der Waals surface area contributed by atoms with E-state index in [0.717, 1.165) is 13.1 Å². The first-order chi connectivity index (χ1) is 9.85. The Balaban J connectivity index is 1.99. The Hall–Kier alpha value is -0.520. The van der Waals surface area contributed by atoms with Gasteiger partial charge in [-0.25, -0.2) is 0 Å². The maximum atomic E-state index is 12.1. The second-order valence-corrected chi connectivity index (χ2v) is 6.49. The molecular weight excluding hydrogens is 335 g/mol. The lowest BCUT2D eigenvalue weighted by Gasteiger charge is -2.34. The lowest BCUT2D eigenvalue weighted by Crippen LogP contribution is -2.48. The molecule has 7 heteroatoms. The highest BCUT2D eigenvalue weighted by Crippen LogP contribution is 2.33. The molecule has 2 rings (SSSR count). The highest BCUT2D eigenvalue weighted by molar-refractivity contribution is 6.42. The molecule has 0 bridgehead atoms. The standard InChI is InChI=1S/C14H17Cl3N2O2/c1-8-5-19(6-9(2)21-8)7-13(20)18-14-11(16)3-10(15)4-12(14)17/h3-4,8-9H,5-7H2,1-2H3,(H,18,20)/t8-,9-/m1/s1. The Kier molecular flexibility index (Phi) is 5.74. The van der Waals surface area contributed by atoms with Crippen LogP contribution in [0.3, 0.4) is 0 Å². The summed E-state index contributed by atoms with van der Waals surface area (Å²) >= 11 is 17.9. The number of benzene rings is 1. The normalized spacial score (nSPS) is 23.1. The molecule has 1 heterocycles. The van der Waals surface area contributed by atoms with Crippen molar-refractivity contribution in [2.75, 3.05) is 25.0 Å². The van der Waals surface area contributed by atoms with Crippen molar-refractivity contribution < 1.29 is 9.53 Å². The molecule has 4 nitrogen and oxygen atoms in total. The van der Waals surface area contributed by atoms with Gasteiger partial charge in [0.05, 0.1) is 34.5 Å². The minimum Gasteiger partial charge on any atom is -0.373 e. The summed E-state index contributed by atoms with van der Waals surface area (Å²) in [6, 6.07) is 3.09. The number of hydrogen-bond acceptors (Lipinski definition) is 3. The summed E-state index contributed by atoms with van der Waals surface area (Å²) in [6.45, 7) is 5.70. The van der Waals surface area contributed by atoms with E-state index in [1.54, 1.807) is 12.1 Å². The first kappa shape index (κ1) is 16.8. The Morgan fingerprint density at radius 1 is 1.24 bits per heavy atom. The summed E-state index contributed by atoms with van der Waals surface area (Å²) in [4.78, 5) is 14.2. The molecular formula is C14H17Cl3N2O2. The molecule has 0 aliphatic carbocycles. The Bertz CT molecular complexity index is 506. The number of amides is 1. The smallest absolute Gasteiger partial charge is 0.238 e. The fraction of sp³-hybridized carbons (Fsp3) is 0.500. The third-order valence-corrected chi connectivity index (χ3v) is 3.95. The van der Waals surface area contributed by atoms with Crippen LogP contribution in [0.25, 0.3) is 0 Å². The van der Waals surface area contributed by atoms with Gasteiger partial charge in [-0.1, -0.05) is 34.8 Å². The summed E-state index contributed by atoms with van der Waals surface area (Å²) in [7, 11) is 0. The third-order valence-electron chi connectivity index (χ3n) is 3.13. The van der Waals surface area contributed by atoms with Crippen molar-refractivity contribution >= 4 is 46.4 Å². The van der Waals surface area contributed by atoms with Gasteiger partial charge >= 0.3 is 0 Å². The number of rotatable bonds is 3. The van der Waals surface area contributed by atoms with E-state index in [0.29, 0.717) is 20.8 Å². The number of nitrogens with zero attached hydrogens (tertiary/aromatic N) is 1. The molecule has 1 aliphatic heterocycles. The Morgan fingerprint density at radius 3 is 2.29 bits per heavy atom. The quantitative estimate of drug-likeness (QED) is 0.903. The van der Waals surface area contributed by atoms with E-state index in [9.17, 15) is 4.79 Å². The Morgan fingerprint density at radius 2 is 1.76 bits per heavy atom. The van der Waals surface area contributed by atoms with Gasteiger partial charge < -0.3 is 10.1 Å². The molecule has 2 atom stereocenters. The van der Waals surface area contributed by atoms with Crippen LogP contribution >= 0.6 is 34.8 Å². The minimum absolute atomic E-state index is 0.115. The molecule has 1 amide bonds. The highest BCUT2D eigenvalue weighted by atomic mass is 35.5. The highest BCUT2D eigenvalue weighted by Gasteiger charge is 2.24. The molecule has 1 N–H and O–H groups in total. The molecule has 0 radical (unpaired) electrons. The van der Waals surface area contributed by atoms with Crippen LogP contribution in [0.5, 0.6) is 0 Å². The third kappa shape index (κ3) is 4.73. The summed E-state index contributed by atoms with van der Waals surface area (Å²) in [5.74, 6) is -0.164.